The molecule has 1 fully saturated rings. The van der Waals surface area contributed by atoms with Crippen molar-refractivity contribution in [3.8, 4) is 0 Å². The molecule has 150 valence electrons. The quantitative estimate of drug-likeness (QED) is 0.459. The van der Waals surface area contributed by atoms with Gasteiger partial charge in [-0.25, -0.2) is 0 Å². The van der Waals surface area contributed by atoms with Crippen LogP contribution in [0.1, 0.15) is 11.1 Å². The topological polar surface area (TPSA) is 27.7 Å². The van der Waals surface area contributed by atoms with E-state index in [0.29, 0.717) is 39.6 Å². The second kappa shape index (κ2) is 10.7. The number of rotatable bonds is 9. The van der Waals surface area contributed by atoms with Crippen LogP contribution in [0.3, 0.4) is 0 Å². The van der Waals surface area contributed by atoms with Gasteiger partial charge in [0.15, 0.2) is 0 Å². The van der Waals surface area contributed by atoms with Crippen molar-refractivity contribution >= 4 is 19.4 Å². The molecule has 3 aromatic rings. The van der Waals surface area contributed by atoms with E-state index in [2.05, 4.69) is 66.7 Å². The minimum absolute atomic E-state index is 0.0296. The van der Waals surface area contributed by atoms with Gasteiger partial charge in [0.2, 0.25) is 0 Å². The van der Waals surface area contributed by atoms with E-state index in [4.69, 9.17) is 14.2 Å². The molecule has 0 unspecified atom stereocenters. The van der Waals surface area contributed by atoms with Crippen LogP contribution in [0.5, 0.6) is 0 Å². The van der Waals surface area contributed by atoms with Crippen LogP contribution in [0, 0.1) is 0 Å². The summed E-state index contributed by atoms with van der Waals surface area (Å²) in [7, 11) is 0. The Bertz CT molecular complexity index is 842. The van der Waals surface area contributed by atoms with Crippen LogP contribution in [0.25, 0.3) is 0 Å². The van der Waals surface area contributed by atoms with Gasteiger partial charge in [0, 0.05) is 0 Å². The van der Waals surface area contributed by atoms with Crippen molar-refractivity contribution in [1.29, 1.82) is 0 Å². The van der Waals surface area contributed by atoms with Gasteiger partial charge in [0.25, 0.3) is 0 Å². The van der Waals surface area contributed by atoms with E-state index < -0.39 is 0 Å². The van der Waals surface area contributed by atoms with Crippen molar-refractivity contribution in [2.24, 2.45) is 0 Å². The monoisotopic (exact) mass is 454 g/mol. The zero-order valence-electron chi connectivity index (χ0n) is 16.4. The van der Waals surface area contributed by atoms with Gasteiger partial charge in [-0.15, -0.1) is 0 Å². The van der Waals surface area contributed by atoms with Crippen LogP contribution in [0.2, 0.25) is 4.82 Å². The summed E-state index contributed by atoms with van der Waals surface area (Å²) in [6.07, 6.45) is 0.0178. The molecule has 0 amide bonds. The molecule has 3 atom stereocenters. The Kier molecular flexibility index (Phi) is 7.52. The molecular weight excluding hydrogens is 427 g/mol. The molecule has 0 radical (unpaired) electrons. The van der Waals surface area contributed by atoms with Gasteiger partial charge in [-0.1, -0.05) is 0 Å². The molecule has 0 aliphatic carbocycles. The second-order valence-electron chi connectivity index (χ2n) is 7.10. The average Bonchev–Trinajstić information content (AvgIpc) is 3.16. The molecule has 3 aromatic carbocycles. The molecule has 1 aliphatic heterocycles. The van der Waals surface area contributed by atoms with E-state index in [0.717, 1.165) is 6.61 Å². The van der Waals surface area contributed by atoms with Gasteiger partial charge in [0.1, 0.15) is 0 Å². The normalized spacial score (nSPS) is 21.3. The third-order valence-corrected chi connectivity index (χ3v) is 7.54. The molecule has 4 rings (SSSR count). The first-order valence-electron chi connectivity index (χ1n) is 9.99. The van der Waals surface area contributed by atoms with Gasteiger partial charge in [-0.2, -0.15) is 0 Å². The second-order valence-corrected chi connectivity index (χ2v) is 9.86. The van der Waals surface area contributed by atoms with E-state index >= 15 is 0 Å². The van der Waals surface area contributed by atoms with Gasteiger partial charge < -0.3 is 0 Å². The molecule has 1 saturated heterocycles. The summed E-state index contributed by atoms with van der Waals surface area (Å²) in [5, 5.41) is 0. The van der Waals surface area contributed by atoms with Crippen LogP contribution in [0.4, 0.5) is 0 Å². The Morgan fingerprint density at radius 3 is 2.00 bits per heavy atom. The predicted molar refractivity (Wildman–Crippen MR) is 116 cm³/mol. The molecule has 3 nitrogen and oxygen atoms in total. The Morgan fingerprint density at radius 1 is 0.759 bits per heavy atom. The first kappa shape index (κ1) is 20.3. The van der Waals surface area contributed by atoms with Gasteiger partial charge in [0.05, 0.1) is 0 Å². The van der Waals surface area contributed by atoms with E-state index in [9.17, 15) is 0 Å². The van der Waals surface area contributed by atoms with E-state index in [1.807, 2.05) is 24.3 Å². The molecular formula is C25H26O3Se. The van der Waals surface area contributed by atoms with Gasteiger partial charge in [-0.05, 0) is 0 Å². The van der Waals surface area contributed by atoms with Gasteiger partial charge in [-0.3, -0.25) is 0 Å². The average molecular weight is 453 g/mol. The van der Waals surface area contributed by atoms with Crippen LogP contribution in [0.15, 0.2) is 91.0 Å². The van der Waals surface area contributed by atoms with Crippen molar-refractivity contribution in [3.63, 3.8) is 0 Å². The fourth-order valence-corrected chi connectivity index (χ4v) is 5.93. The molecule has 29 heavy (non-hydrogen) atoms. The Balaban J connectivity index is 1.38. The molecule has 0 spiro atoms. The fraction of sp³-hybridized carbons (Fsp3) is 0.280. The van der Waals surface area contributed by atoms with Crippen molar-refractivity contribution in [1.82, 2.24) is 0 Å². The Hall–Kier alpha value is -1.94. The van der Waals surface area contributed by atoms with Crippen LogP contribution in [-0.4, -0.2) is 40.4 Å². The van der Waals surface area contributed by atoms with Crippen molar-refractivity contribution in [3.05, 3.63) is 102 Å². The summed E-state index contributed by atoms with van der Waals surface area (Å²) in [6.45, 7) is 2.48. The molecule has 1 aliphatic rings. The Morgan fingerprint density at radius 2 is 1.34 bits per heavy atom. The van der Waals surface area contributed by atoms with Gasteiger partial charge >= 0.3 is 179 Å². The van der Waals surface area contributed by atoms with Crippen molar-refractivity contribution in [2.45, 2.75) is 30.2 Å². The minimum atomic E-state index is -0.0296. The first-order chi connectivity index (χ1) is 14.4. The summed E-state index contributed by atoms with van der Waals surface area (Å²) in [5.74, 6) is 0. The maximum absolute atomic E-state index is 6.40. The number of hydrogen-bond acceptors (Lipinski definition) is 3. The molecule has 0 aromatic heterocycles. The Labute approximate surface area is 179 Å². The van der Waals surface area contributed by atoms with Crippen LogP contribution >= 0.6 is 0 Å². The predicted octanol–water partition coefficient (Wildman–Crippen LogP) is 4.01. The molecule has 1 heterocycles. The number of benzene rings is 3. The molecule has 0 N–H and O–H groups in total. The fourth-order valence-electron chi connectivity index (χ4n) is 3.41. The SMILES string of the molecule is c1ccc(COC[C@H]2OC[C@H]([Se]c3ccccc3)[C@H]2OCc2ccccc2)cc1. The molecule has 4 heteroatoms. The zero-order chi connectivity index (χ0) is 19.7. The van der Waals surface area contributed by atoms with Crippen LogP contribution in [-0.2, 0) is 27.4 Å². The molecule has 0 bridgehead atoms. The first-order valence-corrected chi connectivity index (χ1v) is 11.8. The standard InChI is InChI=1S/C25H26O3Se/c1-4-10-20(11-5-1)16-26-18-23-25(28-17-21-12-6-2-7-13-21)24(19-27-23)29-22-14-8-3-9-15-22/h1-15,23-25H,16-19H2/t23-,24+,25+/m1/s1. The zero-order valence-corrected chi connectivity index (χ0v) is 18.1. The summed E-state index contributed by atoms with van der Waals surface area (Å²) < 4.78 is 19.9. The molecule has 0 saturated carbocycles. The summed E-state index contributed by atoms with van der Waals surface area (Å²) in [4.78, 5) is 0.388. The summed E-state index contributed by atoms with van der Waals surface area (Å²) >= 11 is 0.302. The summed E-state index contributed by atoms with van der Waals surface area (Å²) in [5.41, 5.74) is 2.37. The summed E-state index contributed by atoms with van der Waals surface area (Å²) in [6, 6.07) is 31.3. The van der Waals surface area contributed by atoms with E-state index in [1.165, 1.54) is 15.6 Å². The third kappa shape index (κ3) is 6.02. The maximum atomic E-state index is 6.40. The van der Waals surface area contributed by atoms with E-state index in [1.54, 1.807) is 0 Å². The van der Waals surface area contributed by atoms with Crippen molar-refractivity contribution in [2.75, 3.05) is 13.2 Å². The van der Waals surface area contributed by atoms with Crippen LogP contribution < -0.4 is 4.46 Å². The van der Waals surface area contributed by atoms with Crippen molar-refractivity contribution < 1.29 is 14.2 Å². The van der Waals surface area contributed by atoms with E-state index in [-0.39, 0.29) is 12.2 Å². The number of ether oxygens (including phenoxy) is 3. The third-order valence-electron chi connectivity index (χ3n) is 4.92. The number of hydrogen-bond donors (Lipinski definition) is 0.